The number of thioether (sulfide) groups is 1. The van der Waals surface area contributed by atoms with Crippen molar-refractivity contribution < 1.29 is 14.7 Å². The van der Waals surface area contributed by atoms with Crippen molar-refractivity contribution >= 4 is 23.6 Å². The third-order valence-electron chi connectivity index (χ3n) is 2.60. The van der Waals surface area contributed by atoms with E-state index in [0.717, 1.165) is 0 Å². The van der Waals surface area contributed by atoms with Crippen LogP contribution in [-0.2, 0) is 9.59 Å². The normalized spacial score (nSPS) is 27.8. The minimum atomic E-state index is -1.17. The number of nitriles is 1. The standard InChI is InChI=1S/C10H9N3O3S/c11-3-1-2-5-4-17-9-6(12)8(14)13(9)7(5)10(15)16/h1-2,6,9H,4,12H2,(H,15,16)/t6?,9-/m0/s1. The zero-order chi connectivity index (χ0) is 12.6. The number of nitrogens with two attached hydrogens (primary N) is 1. The van der Waals surface area contributed by atoms with Gasteiger partial charge in [-0.25, -0.2) is 4.79 Å². The highest BCUT2D eigenvalue weighted by Crippen LogP contribution is 2.39. The van der Waals surface area contributed by atoms with Crippen molar-refractivity contribution in [3.8, 4) is 6.07 Å². The predicted octanol–water partition coefficient (Wildman–Crippen LogP) is -0.353. The molecule has 1 unspecified atom stereocenters. The Balaban J connectivity index is 2.41. The maximum absolute atomic E-state index is 11.5. The fourth-order valence-corrected chi connectivity index (χ4v) is 3.07. The molecular weight excluding hydrogens is 242 g/mol. The molecule has 2 atom stereocenters. The lowest BCUT2D eigenvalue weighted by Crippen LogP contribution is -2.68. The Bertz CT molecular complexity index is 492. The van der Waals surface area contributed by atoms with Crippen molar-refractivity contribution in [3.63, 3.8) is 0 Å². The maximum Gasteiger partial charge on any atom is 0.352 e. The van der Waals surface area contributed by atoms with E-state index < -0.39 is 12.0 Å². The van der Waals surface area contributed by atoms with Gasteiger partial charge in [-0.3, -0.25) is 9.69 Å². The number of aliphatic carboxylic acids is 1. The zero-order valence-electron chi connectivity index (χ0n) is 8.66. The van der Waals surface area contributed by atoms with E-state index in [-0.39, 0.29) is 17.0 Å². The molecule has 2 aliphatic rings. The van der Waals surface area contributed by atoms with Gasteiger partial charge in [0.15, 0.2) is 0 Å². The van der Waals surface area contributed by atoms with Gasteiger partial charge in [0.05, 0.1) is 6.07 Å². The van der Waals surface area contributed by atoms with E-state index in [0.29, 0.717) is 11.3 Å². The van der Waals surface area contributed by atoms with Crippen molar-refractivity contribution in [2.24, 2.45) is 5.73 Å². The number of rotatable bonds is 2. The number of carboxylic acids is 1. The van der Waals surface area contributed by atoms with E-state index in [9.17, 15) is 9.59 Å². The lowest BCUT2D eigenvalue weighted by atomic mass is 10.0. The van der Waals surface area contributed by atoms with Crippen LogP contribution in [-0.4, -0.2) is 39.1 Å². The fourth-order valence-electron chi connectivity index (χ4n) is 1.81. The Morgan fingerprint density at radius 2 is 2.41 bits per heavy atom. The Hall–Kier alpha value is -1.78. The monoisotopic (exact) mass is 251 g/mol. The summed E-state index contributed by atoms with van der Waals surface area (Å²) in [6.45, 7) is 0. The molecule has 1 fully saturated rings. The smallest absolute Gasteiger partial charge is 0.352 e. The third kappa shape index (κ3) is 1.71. The van der Waals surface area contributed by atoms with Crippen LogP contribution in [0.4, 0.5) is 0 Å². The molecule has 1 saturated heterocycles. The molecule has 0 aliphatic carbocycles. The summed E-state index contributed by atoms with van der Waals surface area (Å²) in [5, 5.41) is 17.3. The molecule has 88 valence electrons. The molecule has 0 aromatic rings. The van der Waals surface area contributed by atoms with Crippen molar-refractivity contribution in [3.05, 3.63) is 23.4 Å². The van der Waals surface area contributed by atoms with Gasteiger partial charge in [0.2, 0.25) is 5.91 Å². The molecule has 0 aromatic carbocycles. The minimum absolute atomic E-state index is 0.0630. The number of carbonyl (C=O) groups excluding carboxylic acids is 1. The molecule has 7 heteroatoms. The number of carboxylic acid groups (broad SMARTS) is 1. The second-order valence-electron chi connectivity index (χ2n) is 3.58. The van der Waals surface area contributed by atoms with E-state index in [2.05, 4.69) is 0 Å². The van der Waals surface area contributed by atoms with E-state index >= 15 is 0 Å². The van der Waals surface area contributed by atoms with Crippen molar-refractivity contribution in [1.29, 1.82) is 5.26 Å². The summed E-state index contributed by atoms with van der Waals surface area (Å²) in [5.74, 6) is -1.13. The minimum Gasteiger partial charge on any atom is -0.477 e. The molecule has 3 N–H and O–H groups in total. The Morgan fingerprint density at radius 3 is 3.00 bits per heavy atom. The number of fused-ring (bicyclic) bond motifs is 1. The SMILES string of the molecule is N#CC=CC1=C(C(=O)O)N2C(=O)C(N)[C@@H]2SC1. The number of nitrogens with zero attached hydrogens (tertiary/aromatic N) is 2. The summed E-state index contributed by atoms with van der Waals surface area (Å²) in [5.41, 5.74) is 5.98. The average molecular weight is 251 g/mol. The van der Waals surface area contributed by atoms with Crippen LogP contribution in [0.3, 0.4) is 0 Å². The van der Waals surface area contributed by atoms with Crippen LogP contribution >= 0.6 is 11.8 Å². The molecule has 0 radical (unpaired) electrons. The van der Waals surface area contributed by atoms with Gasteiger partial charge < -0.3 is 10.8 Å². The first-order valence-electron chi connectivity index (χ1n) is 4.80. The highest BCUT2D eigenvalue weighted by atomic mass is 32.2. The first-order chi connectivity index (χ1) is 8.07. The molecule has 0 saturated carbocycles. The van der Waals surface area contributed by atoms with Crippen LogP contribution in [0.5, 0.6) is 0 Å². The highest BCUT2D eigenvalue weighted by Gasteiger charge is 2.51. The quantitative estimate of drug-likeness (QED) is 0.513. The molecule has 2 aliphatic heterocycles. The molecule has 17 heavy (non-hydrogen) atoms. The Kier molecular flexibility index (Phi) is 2.92. The maximum atomic E-state index is 11.5. The van der Waals surface area contributed by atoms with E-state index in [1.54, 1.807) is 6.07 Å². The molecule has 1 amide bonds. The van der Waals surface area contributed by atoms with E-state index in [4.69, 9.17) is 16.1 Å². The average Bonchev–Trinajstić information content (AvgIpc) is 2.33. The number of amides is 1. The summed E-state index contributed by atoms with van der Waals surface area (Å²) in [4.78, 5) is 23.9. The summed E-state index contributed by atoms with van der Waals surface area (Å²) >= 11 is 1.40. The van der Waals surface area contributed by atoms with Crippen LogP contribution in [0.2, 0.25) is 0 Å². The summed E-state index contributed by atoms with van der Waals surface area (Å²) in [6, 6.07) is 1.16. The zero-order valence-corrected chi connectivity index (χ0v) is 9.48. The van der Waals surface area contributed by atoms with Crippen LogP contribution in [0.25, 0.3) is 0 Å². The molecule has 6 nitrogen and oxygen atoms in total. The number of hydrogen-bond acceptors (Lipinski definition) is 5. The molecule has 0 spiro atoms. The van der Waals surface area contributed by atoms with Crippen molar-refractivity contribution in [2.45, 2.75) is 11.4 Å². The van der Waals surface area contributed by atoms with Gasteiger partial charge in [-0.2, -0.15) is 5.26 Å². The Morgan fingerprint density at radius 1 is 1.71 bits per heavy atom. The van der Waals surface area contributed by atoms with Crippen LogP contribution < -0.4 is 5.73 Å². The molecule has 2 heterocycles. The van der Waals surface area contributed by atoms with Gasteiger partial charge in [0.25, 0.3) is 0 Å². The van der Waals surface area contributed by atoms with Crippen LogP contribution in [0.1, 0.15) is 0 Å². The van der Waals surface area contributed by atoms with Gasteiger partial charge in [-0.05, 0) is 11.6 Å². The predicted molar refractivity (Wildman–Crippen MR) is 60.5 cm³/mol. The first kappa shape index (κ1) is 11.7. The topological polar surface area (TPSA) is 107 Å². The summed E-state index contributed by atoms with van der Waals surface area (Å²) in [6.07, 6.45) is 2.62. The highest BCUT2D eigenvalue weighted by molar-refractivity contribution is 8.00. The number of allylic oxidation sites excluding steroid dienone is 2. The largest absolute Gasteiger partial charge is 0.477 e. The molecule has 2 rings (SSSR count). The second-order valence-corrected chi connectivity index (χ2v) is 4.68. The van der Waals surface area contributed by atoms with Gasteiger partial charge in [-0.1, -0.05) is 0 Å². The number of β-lactam (4-membered cyclic amide) rings is 1. The number of carbonyl (C=O) groups is 2. The third-order valence-corrected chi connectivity index (χ3v) is 3.92. The first-order valence-corrected chi connectivity index (χ1v) is 5.85. The fraction of sp³-hybridized carbons (Fsp3) is 0.300. The number of hydrogen-bond donors (Lipinski definition) is 2. The molecule has 0 aromatic heterocycles. The van der Waals surface area contributed by atoms with Crippen molar-refractivity contribution in [1.82, 2.24) is 4.90 Å². The molecular formula is C10H9N3O3S. The van der Waals surface area contributed by atoms with Crippen molar-refractivity contribution in [2.75, 3.05) is 5.75 Å². The van der Waals surface area contributed by atoms with Crippen LogP contribution in [0.15, 0.2) is 23.4 Å². The van der Waals surface area contributed by atoms with Gasteiger partial charge in [0.1, 0.15) is 17.1 Å². The van der Waals surface area contributed by atoms with Gasteiger partial charge >= 0.3 is 5.97 Å². The summed E-state index contributed by atoms with van der Waals surface area (Å²) in [7, 11) is 0. The molecule has 0 bridgehead atoms. The van der Waals surface area contributed by atoms with Gasteiger partial charge in [-0.15, -0.1) is 11.8 Å². The van der Waals surface area contributed by atoms with Crippen LogP contribution in [0, 0.1) is 11.3 Å². The van der Waals surface area contributed by atoms with Gasteiger partial charge in [0, 0.05) is 11.8 Å². The lowest BCUT2D eigenvalue weighted by molar-refractivity contribution is -0.147. The lowest BCUT2D eigenvalue weighted by Gasteiger charge is -2.47. The Labute approximate surface area is 101 Å². The summed E-state index contributed by atoms with van der Waals surface area (Å²) < 4.78 is 0. The van der Waals surface area contributed by atoms with E-state index in [1.165, 1.54) is 28.8 Å². The van der Waals surface area contributed by atoms with E-state index in [1.807, 2.05) is 0 Å². The second kappa shape index (κ2) is 4.24.